The van der Waals surface area contributed by atoms with E-state index in [1.807, 2.05) is 37.3 Å². The zero-order chi connectivity index (χ0) is 13.4. The van der Waals surface area contributed by atoms with Gasteiger partial charge in [0.2, 0.25) is 0 Å². The number of aliphatic carboxylic acids is 1. The monoisotopic (exact) mass is 252 g/mol. The van der Waals surface area contributed by atoms with Crippen LogP contribution in [0.5, 0.6) is 0 Å². The van der Waals surface area contributed by atoms with Gasteiger partial charge in [-0.25, -0.2) is 0 Å². The van der Waals surface area contributed by atoms with Gasteiger partial charge in [-0.2, -0.15) is 0 Å². The number of ether oxygens (including phenoxy) is 1. The molecule has 0 aliphatic carbocycles. The van der Waals surface area contributed by atoms with Crippen LogP contribution in [-0.4, -0.2) is 28.9 Å². The molecule has 0 aromatic heterocycles. The number of carboxylic acid groups (broad SMARTS) is 1. The highest BCUT2D eigenvalue weighted by Gasteiger charge is 2.25. The molecule has 0 amide bonds. The Hall–Kier alpha value is -1.39. The summed E-state index contributed by atoms with van der Waals surface area (Å²) in [5, 5.41) is 18.8. The van der Waals surface area contributed by atoms with Crippen molar-refractivity contribution in [3.63, 3.8) is 0 Å². The van der Waals surface area contributed by atoms with Gasteiger partial charge in [0.25, 0.3) is 0 Å². The van der Waals surface area contributed by atoms with Crippen LogP contribution in [0.25, 0.3) is 0 Å². The first kappa shape index (κ1) is 14.7. The largest absolute Gasteiger partial charge is 0.481 e. The van der Waals surface area contributed by atoms with Crippen molar-refractivity contribution in [2.45, 2.75) is 32.5 Å². The fourth-order valence-electron chi connectivity index (χ4n) is 1.78. The Bertz CT molecular complexity index is 350. The maximum absolute atomic E-state index is 10.9. The molecule has 0 heterocycles. The number of carbonyl (C=O) groups is 1. The van der Waals surface area contributed by atoms with Crippen LogP contribution in [0.15, 0.2) is 30.3 Å². The van der Waals surface area contributed by atoms with E-state index in [9.17, 15) is 9.90 Å². The summed E-state index contributed by atoms with van der Waals surface area (Å²) >= 11 is 0. The second kappa shape index (κ2) is 7.84. The molecule has 1 aromatic carbocycles. The van der Waals surface area contributed by atoms with E-state index < -0.39 is 18.0 Å². The number of hydrogen-bond donors (Lipinski definition) is 2. The standard InChI is InChI=1S/C14H20O4/c1-2-6-12(14(16)17)13(15)10-18-9-11-7-4-3-5-8-11/h3-5,7-8,12-13,15H,2,6,9-10H2,1H3,(H,16,17)/t12-,13-/m0/s1. The summed E-state index contributed by atoms with van der Waals surface area (Å²) in [6, 6.07) is 9.58. The van der Waals surface area contributed by atoms with Gasteiger partial charge in [0.1, 0.15) is 0 Å². The van der Waals surface area contributed by atoms with Crippen LogP contribution in [0, 0.1) is 5.92 Å². The Morgan fingerprint density at radius 1 is 1.33 bits per heavy atom. The molecule has 1 aromatic rings. The van der Waals surface area contributed by atoms with E-state index in [0.717, 1.165) is 12.0 Å². The zero-order valence-electron chi connectivity index (χ0n) is 10.6. The average Bonchev–Trinajstić information content (AvgIpc) is 2.36. The first-order valence-corrected chi connectivity index (χ1v) is 6.17. The Labute approximate surface area is 107 Å². The molecule has 100 valence electrons. The molecule has 0 bridgehead atoms. The molecule has 18 heavy (non-hydrogen) atoms. The summed E-state index contributed by atoms with van der Waals surface area (Å²) < 4.78 is 5.35. The molecule has 0 saturated carbocycles. The molecule has 4 heteroatoms. The molecular formula is C14H20O4. The average molecular weight is 252 g/mol. The van der Waals surface area contributed by atoms with E-state index in [1.54, 1.807) is 0 Å². The highest BCUT2D eigenvalue weighted by atomic mass is 16.5. The van der Waals surface area contributed by atoms with E-state index in [0.29, 0.717) is 13.0 Å². The summed E-state index contributed by atoms with van der Waals surface area (Å²) in [5.74, 6) is -1.71. The number of aliphatic hydroxyl groups excluding tert-OH is 1. The molecule has 0 spiro atoms. The minimum Gasteiger partial charge on any atom is -0.481 e. The van der Waals surface area contributed by atoms with Gasteiger partial charge in [-0.05, 0) is 12.0 Å². The topological polar surface area (TPSA) is 66.8 Å². The van der Waals surface area contributed by atoms with Crippen LogP contribution in [0.2, 0.25) is 0 Å². The summed E-state index contributed by atoms with van der Waals surface area (Å²) in [7, 11) is 0. The fraction of sp³-hybridized carbons (Fsp3) is 0.500. The summed E-state index contributed by atoms with van der Waals surface area (Å²) in [4.78, 5) is 10.9. The lowest BCUT2D eigenvalue weighted by Gasteiger charge is -2.18. The van der Waals surface area contributed by atoms with Gasteiger partial charge < -0.3 is 14.9 Å². The van der Waals surface area contributed by atoms with Crippen molar-refractivity contribution in [1.82, 2.24) is 0 Å². The lowest BCUT2D eigenvalue weighted by molar-refractivity contribution is -0.148. The van der Waals surface area contributed by atoms with E-state index >= 15 is 0 Å². The van der Waals surface area contributed by atoms with Crippen LogP contribution < -0.4 is 0 Å². The fourth-order valence-corrected chi connectivity index (χ4v) is 1.78. The number of aliphatic hydroxyl groups is 1. The smallest absolute Gasteiger partial charge is 0.309 e. The lowest BCUT2D eigenvalue weighted by atomic mass is 9.98. The number of rotatable bonds is 8. The molecule has 0 radical (unpaired) electrons. The first-order valence-electron chi connectivity index (χ1n) is 6.17. The zero-order valence-corrected chi connectivity index (χ0v) is 10.6. The molecule has 1 rings (SSSR count). The third kappa shape index (κ3) is 4.85. The Kier molecular flexibility index (Phi) is 6.39. The van der Waals surface area contributed by atoms with Crippen LogP contribution >= 0.6 is 0 Å². The Balaban J connectivity index is 2.35. The predicted molar refractivity (Wildman–Crippen MR) is 68.1 cm³/mol. The molecule has 0 fully saturated rings. The van der Waals surface area contributed by atoms with Gasteiger partial charge in [-0.15, -0.1) is 0 Å². The van der Waals surface area contributed by atoms with Gasteiger partial charge in [0.05, 0.1) is 25.2 Å². The number of carboxylic acids is 1. The highest BCUT2D eigenvalue weighted by Crippen LogP contribution is 2.13. The van der Waals surface area contributed by atoms with E-state index in [4.69, 9.17) is 9.84 Å². The van der Waals surface area contributed by atoms with Crippen LogP contribution in [-0.2, 0) is 16.1 Å². The summed E-state index contributed by atoms with van der Waals surface area (Å²) in [6.45, 7) is 2.33. The second-order valence-electron chi connectivity index (χ2n) is 4.30. The van der Waals surface area contributed by atoms with Crippen molar-refractivity contribution in [3.8, 4) is 0 Å². The lowest BCUT2D eigenvalue weighted by Crippen LogP contribution is -2.31. The van der Waals surface area contributed by atoms with Gasteiger partial charge in [0.15, 0.2) is 0 Å². The van der Waals surface area contributed by atoms with E-state index in [2.05, 4.69) is 0 Å². The molecule has 0 unspecified atom stereocenters. The maximum Gasteiger partial charge on any atom is 0.309 e. The highest BCUT2D eigenvalue weighted by molar-refractivity contribution is 5.70. The second-order valence-corrected chi connectivity index (χ2v) is 4.30. The molecule has 0 saturated heterocycles. The minimum atomic E-state index is -0.965. The van der Waals surface area contributed by atoms with E-state index in [-0.39, 0.29) is 6.61 Å². The van der Waals surface area contributed by atoms with E-state index in [1.165, 1.54) is 0 Å². The minimum absolute atomic E-state index is 0.0475. The normalized spacial score (nSPS) is 14.1. The molecule has 0 aliphatic heterocycles. The van der Waals surface area contributed by atoms with Gasteiger partial charge >= 0.3 is 5.97 Å². The van der Waals surface area contributed by atoms with Crippen LogP contribution in [0.1, 0.15) is 25.3 Å². The third-order valence-electron chi connectivity index (χ3n) is 2.78. The number of hydrogen-bond acceptors (Lipinski definition) is 3. The van der Waals surface area contributed by atoms with Crippen LogP contribution in [0.4, 0.5) is 0 Å². The summed E-state index contributed by atoms with van der Waals surface area (Å²) in [6.07, 6.45) is 0.240. The molecule has 2 atom stereocenters. The Morgan fingerprint density at radius 2 is 2.00 bits per heavy atom. The first-order chi connectivity index (χ1) is 8.65. The summed E-state index contributed by atoms with van der Waals surface area (Å²) in [5.41, 5.74) is 1.01. The number of benzene rings is 1. The van der Waals surface area contributed by atoms with Crippen molar-refractivity contribution >= 4 is 5.97 Å². The molecule has 2 N–H and O–H groups in total. The van der Waals surface area contributed by atoms with Crippen molar-refractivity contribution < 1.29 is 19.7 Å². The molecular weight excluding hydrogens is 232 g/mol. The van der Waals surface area contributed by atoms with Crippen molar-refractivity contribution in [2.75, 3.05) is 6.61 Å². The van der Waals surface area contributed by atoms with Crippen molar-refractivity contribution in [2.24, 2.45) is 5.92 Å². The predicted octanol–water partition coefficient (Wildman–Crippen LogP) is 2.06. The Morgan fingerprint density at radius 3 is 2.56 bits per heavy atom. The van der Waals surface area contributed by atoms with Crippen molar-refractivity contribution in [1.29, 1.82) is 0 Å². The van der Waals surface area contributed by atoms with Crippen LogP contribution in [0.3, 0.4) is 0 Å². The van der Waals surface area contributed by atoms with Gasteiger partial charge in [0, 0.05) is 0 Å². The van der Waals surface area contributed by atoms with Crippen molar-refractivity contribution in [3.05, 3.63) is 35.9 Å². The quantitative estimate of drug-likeness (QED) is 0.743. The third-order valence-corrected chi connectivity index (χ3v) is 2.78. The van der Waals surface area contributed by atoms with Gasteiger partial charge in [-0.1, -0.05) is 43.7 Å². The molecule has 4 nitrogen and oxygen atoms in total. The SMILES string of the molecule is CCC[C@H](C(=O)O)[C@@H](O)COCc1ccccc1. The molecule has 0 aliphatic rings. The van der Waals surface area contributed by atoms with Gasteiger partial charge in [-0.3, -0.25) is 4.79 Å². The maximum atomic E-state index is 10.9.